The molecule has 1 fully saturated rings. The van der Waals surface area contributed by atoms with Gasteiger partial charge in [-0.1, -0.05) is 24.6 Å². The molecule has 1 heterocycles. The molecule has 2 nitrogen and oxygen atoms in total. The number of benzene rings is 1. The Bertz CT molecular complexity index is 499. The zero-order chi connectivity index (χ0) is 12.9. The second kappa shape index (κ2) is 4.27. The Hall–Kier alpha value is -1.02. The van der Waals surface area contributed by atoms with Gasteiger partial charge in [-0.2, -0.15) is 0 Å². The fraction of sp³-hybridized carbons (Fsp3) is 0.533. The smallest absolute Gasteiger partial charge is 0.222 e. The van der Waals surface area contributed by atoms with Crippen molar-refractivity contribution in [3.05, 3.63) is 34.3 Å². The third kappa shape index (κ3) is 1.74. The lowest BCUT2D eigenvalue weighted by Crippen LogP contribution is -2.47. The molecule has 96 valence electrons. The van der Waals surface area contributed by atoms with E-state index in [0.29, 0.717) is 30.2 Å². The number of hydrogen-bond donors (Lipinski definition) is 0. The topological polar surface area (TPSA) is 20.3 Å². The average molecular weight is 264 g/mol. The first-order chi connectivity index (χ1) is 8.58. The highest BCUT2D eigenvalue weighted by Gasteiger charge is 2.40. The third-order valence-electron chi connectivity index (χ3n) is 4.60. The van der Waals surface area contributed by atoms with Crippen molar-refractivity contribution in [2.45, 2.75) is 44.1 Å². The summed E-state index contributed by atoms with van der Waals surface area (Å²) in [4.78, 5) is 13.8. The van der Waals surface area contributed by atoms with E-state index in [1.165, 1.54) is 11.1 Å². The summed E-state index contributed by atoms with van der Waals surface area (Å²) in [5.41, 5.74) is 2.79. The van der Waals surface area contributed by atoms with Crippen molar-refractivity contribution in [3.63, 3.8) is 0 Å². The minimum atomic E-state index is 0.292. The van der Waals surface area contributed by atoms with Crippen LogP contribution in [0.4, 0.5) is 0 Å². The molecule has 1 aliphatic heterocycles. The highest BCUT2D eigenvalue weighted by atomic mass is 35.5. The second-order valence-electron chi connectivity index (χ2n) is 5.63. The molecule has 1 amide bonds. The fourth-order valence-corrected chi connectivity index (χ4v) is 3.77. The van der Waals surface area contributed by atoms with Crippen LogP contribution in [0.1, 0.15) is 49.1 Å². The quantitative estimate of drug-likeness (QED) is 0.701. The number of nitrogens with zero attached hydrogens (tertiary/aromatic N) is 1. The van der Waals surface area contributed by atoms with E-state index >= 15 is 0 Å². The first-order valence-electron chi connectivity index (χ1n) is 6.63. The molecule has 0 N–H and O–H groups in total. The number of halogens is 1. The number of hydrogen-bond acceptors (Lipinski definition) is 1. The Kier molecular flexibility index (Phi) is 2.86. The van der Waals surface area contributed by atoms with Crippen molar-refractivity contribution in [3.8, 4) is 0 Å². The standard InChI is InChI=1S/C15H18ClNO/c1-9-7-14-12(5-6-15(18)17(14)2)11-4-3-10(16)8-13(9)11/h3-4,8-9,12,14H,5-7H2,1-2H3/t9-,12-,14-/m1/s1. The van der Waals surface area contributed by atoms with E-state index in [1.54, 1.807) is 0 Å². The predicted molar refractivity (Wildman–Crippen MR) is 73.0 cm³/mol. The number of likely N-dealkylation sites (N-methyl/N-ethyl adjacent to an activating group) is 1. The Labute approximate surface area is 113 Å². The van der Waals surface area contributed by atoms with Crippen LogP contribution in [0.25, 0.3) is 0 Å². The molecule has 2 aliphatic rings. The Balaban J connectivity index is 2.05. The zero-order valence-corrected chi connectivity index (χ0v) is 11.6. The molecule has 1 aromatic rings. The number of amides is 1. The van der Waals surface area contributed by atoms with Gasteiger partial charge in [0, 0.05) is 30.5 Å². The highest BCUT2D eigenvalue weighted by Crippen LogP contribution is 2.45. The summed E-state index contributed by atoms with van der Waals surface area (Å²) in [5, 5.41) is 0.819. The van der Waals surface area contributed by atoms with E-state index in [4.69, 9.17) is 11.6 Å². The number of rotatable bonds is 0. The van der Waals surface area contributed by atoms with Crippen LogP contribution in [0.5, 0.6) is 0 Å². The van der Waals surface area contributed by atoms with Gasteiger partial charge in [0.1, 0.15) is 0 Å². The van der Waals surface area contributed by atoms with Crippen molar-refractivity contribution in [2.75, 3.05) is 7.05 Å². The molecule has 0 saturated carbocycles. The predicted octanol–water partition coefficient (Wildman–Crippen LogP) is 3.55. The van der Waals surface area contributed by atoms with Gasteiger partial charge in [0.15, 0.2) is 0 Å². The van der Waals surface area contributed by atoms with Gasteiger partial charge < -0.3 is 4.90 Å². The molecule has 0 spiro atoms. The highest BCUT2D eigenvalue weighted by molar-refractivity contribution is 6.30. The van der Waals surface area contributed by atoms with Crippen molar-refractivity contribution in [2.24, 2.45) is 0 Å². The number of fused-ring (bicyclic) bond motifs is 3. The lowest BCUT2D eigenvalue weighted by molar-refractivity contribution is -0.135. The molecule has 0 radical (unpaired) electrons. The number of piperidine rings is 1. The first-order valence-corrected chi connectivity index (χ1v) is 7.00. The van der Waals surface area contributed by atoms with Crippen molar-refractivity contribution in [1.82, 2.24) is 4.90 Å². The fourth-order valence-electron chi connectivity index (χ4n) is 3.59. The SMILES string of the molecule is C[C@@H]1C[C@@H]2[C@H](CCC(=O)N2C)c2ccc(Cl)cc21. The summed E-state index contributed by atoms with van der Waals surface area (Å²) in [6.07, 6.45) is 2.71. The second-order valence-corrected chi connectivity index (χ2v) is 6.06. The molecule has 0 bridgehead atoms. The summed E-state index contributed by atoms with van der Waals surface area (Å²) in [6.45, 7) is 2.23. The minimum Gasteiger partial charge on any atom is -0.342 e. The van der Waals surface area contributed by atoms with Crippen LogP contribution in [0.2, 0.25) is 5.02 Å². The van der Waals surface area contributed by atoms with Crippen molar-refractivity contribution >= 4 is 17.5 Å². The number of carbonyl (C=O) groups is 1. The van der Waals surface area contributed by atoms with Crippen LogP contribution in [0.3, 0.4) is 0 Å². The van der Waals surface area contributed by atoms with Gasteiger partial charge in [0.2, 0.25) is 5.91 Å². The molecule has 18 heavy (non-hydrogen) atoms. The maximum atomic E-state index is 11.8. The van der Waals surface area contributed by atoms with Gasteiger partial charge in [-0.05, 0) is 42.0 Å². The summed E-state index contributed by atoms with van der Waals surface area (Å²) in [6, 6.07) is 6.62. The van der Waals surface area contributed by atoms with Gasteiger partial charge in [-0.3, -0.25) is 4.79 Å². The van der Waals surface area contributed by atoms with Gasteiger partial charge >= 0.3 is 0 Å². The Morgan fingerprint density at radius 2 is 2.11 bits per heavy atom. The van der Waals surface area contributed by atoms with Gasteiger partial charge in [-0.25, -0.2) is 0 Å². The summed E-state index contributed by atoms with van der Waals surface area (Å²) in [7, 11) is 1.95. The molecular formula is C15H18ClNO. The summed E-state index contributed by atoms with van der Waals surface area (Å²) >= 11 is 6.10. The molecule has 0 aromatic heterocycles. The Morgan fingerprint density at radius 3 is 2.89 bits per heavy atom. The minimum absolute atomic E-state index is 0.292. The van der Waals surface area contributed by atoms with Crippen molar-refractivity contribution < 1.29 is 4.79 Å². The van der Waals surface area contributed by atoms with E-state index in [9.17, 15) is 4.79 Å². The molecule has 3 rings (SSSR count). The maximum Gasteiger partial charge on any atom is 0.222 e. The van der Waals surface area contributed by atoms with Gasteiger partial charge in [-0.15, -0.1) is 0 Å². The monoisotopic (exact) mass is 263 g/mol. The average Bonchev–Trinajstić information content (AvgIpc) is 2.35. The number of carbonyl (C=O) groups excluding carboxylic acids is 1. The maximum absolute atomic E-state index is 11.8. The first kappa shape index (κ1) is 12.0. The number of likely N-dealkylation sites (tertiary alicyclic amines) is 1. The molecular weight excluding hydrogens is 246 g/mol. The van der Waals surface area contributed by atoms with E-state index in [1.807, 2.05) is 18.0 Å². The van der Waals surface area contributed by atoms with E-state index in [-0.39, 0.29) is 0 Å². The normalized spacial score (nSPS) is 30.9. The third-order valence-corrected chi connectivity index (χ3v) is 4.83. The largest absolute Gasteiger partial charge is 0.342 e. The Morgan fingerprint density at radius 1 is 1.33 bits per heavy atom. The summed E-state index contributed by atoms with van der Waals surface area (Å²) < 4.78 is 0. The van der Waals surface area contributed by atoms with Crippen LogP contribution < -0.4 is 0 Å². The summed E-state index contributed by atoms with van der Waals surface area (Å²) in [5.74, 6) is 1.27. The molecule has 1 aliphatic carbocycles. The van der Waals surface area contributed by atoms with Crippen LogP contribution in [-0.2, 0) is 4.79 Å². The molecule has 3 heteroatoms. The van der Waals surface area contributed by atoms with Gasteiger partial charge in [0.25, 0.3) is 0 Å². The van der Waals surface area contributed by atoms with Crippen LogP contribution >= 0.6 is 11.6 Å². The van der Waals surface area contributed by atoms with E-state index in [2.05, 4.69) is 19.1 Å². The molecule has 1 saturated heterocycles. The van der Waals surface area contributed by atoms with Crippen LogP contribution in [0.15, 0.2) is 18.2 Å². The lowest BCUT2D eigenvalue weighted by Gasteiger charge is -2.45. The van der Waals surface area contributed by atoms with E-state index < -0.39 is 0 Å². The molecule has 0 unspecified atom stereocenters. The van der Waals surface area contributed by atoms with Crippen LogP contribution in [0, 0.1) is 0 Å². The van der Waals surface area contributed by atoms with Gasteiger partial charge in [0.05, 0.1) is 0 Å². The molecule has 3 atom stereocenters. The van der Waals surface area contributed by atoms with E-state index in [0.717, 1.165) is 17.9 Å². The zero-order valence-electron chi connectivity index (χ0n) is 10.8. The van der Waals surface area contributed by atoms with Crippen molar-refractivity contribution in [1.29, 1.82) is 0 Å². The lowest BCUT2D eigenvalue weighted by atomic mass is 9.70. The molecule has 1 aromatic carbocycles. The van der Waals surface area contributed by atoms with Crippen LogP contribution in [-0.4, -0.2) is 23.9 Å².